The molecule has 0 unspecified atom stereocenters. The molecule has 0 aliphatic heterocycles. The Kier molecular flexibility index (Phi) is 3.52. The van der Waals surface area contributed by atoms with Crippen LogP contribution in [0, 0.1) is 18.6 Å². The average molecular weight is 313 g/mol. The monoisotopic (exact) mass is 312 g/mol. The summed E-state index contributed by atoms with van der Waals surface area (Å²) >= 11 is 3.06. The first-order valence-corrected chi connectivity index (χ1v) is 6.04. The van der Waals surface area contributed by atoms with Gasteiger partial charge in [-0.05, 0) is 46.6 Å². The molecule has 2 aromatic rings. The van der Waals surface area contributed by atoms with Crippen molar-refractivity contribution in [1.82, 2.24) is 0 Å². The maximum atomic E-state index is 13.6. The number of aryl methyl sites for hydroxylation is 1. The summed E-state index contributed by atoms with van der Waals surface area (Å²) in [5.74, 6) is -0.844. The molecule has 0 amide bonds. The molecule has 0 fully saturated rings. The molecule has 2 rings (SSSR count). The number of benzene rings is 2. The highest BCUT2D eigenvalue weighted by Crippen LogP contribution is 2.30. The number of halogens is 3. The van der Waals surface area contributed by atoms with Gasteiger partial charge < -0.3 is 11.1 Å². The van der Waals surface area contributed by atoms with Crippen LogP contribution in [0.2, 0.25) is 0 Å². The van der Waals surface area contributed by atoms with E-state index in [1.165, 1.54) is 18.2 Å². The number of nitrogens with two attached hydrogens (primary N) is 1. The van der Waals surface area contributed by atoms with E-state index in [-0.39, 0.29) is 16.0 Å². The smallest absolute Gasteiger partial charge is 0.146 e. The molecule has 0 heterocycles. The minimum atomic E-state index is -0.456. The third-order valence-corrected chi connectivity index (χ3v) is 3.09. The molecule has 18 heavy (non-hydrogen) atoms. The van der Waals surface area contributed by atoms with Crippen molar-refractivity contribution in [3.63, 3.8) is 0 Å². The molecule has 3 N–H and O–H groups in total. The largest absolute Gasteiger partial charge is 0.397 e. The Morgan fingerprint density at radius 1 is 1.06 bits per heavy atom. The van der Waals surface area contributed by atoms with Crippen LogP contribution in [0.1, 0.15) is 5.56 Å². The molecule has 0 saturated heterocycles. The van der Waals surface area contributed by atoms with E-state index in [1.54, 1.807) is 12.1 Å². The highest BCUT2D eigenvalue weighted by atomic mass is 79.9. The molecule has 0 saturated carbocycles. The fraction of sp³-hybridized carbons (Fsp3) is 0.0769. The molecule has 0 bridgehead atoms. The lowest BCUT2D eigenvalue weighted by Gasteiger charge is -2.11. The van der Waals surface area contributed by atoms with Gasteiger partial charge in [0.1, 0.15) is 11.6 Å². The van der Waals surface area contributed by atoms with Crippen LogP contribution in [0.5, 0.6) is 0 Å². The number of nitrogen functional groups attached to an aromatic ring is 1. The van der Waals surface area contributed by atoms with Crippen molar-refractivity contribution in [2.45, 2.75) is 6.92 Å². The van der Waals surface area contributed by atoms with Gasteiger partial charge in [0.05, 0.1) is 21.5 Å². The van der Waals surface area contributed by atoms with Gasteiger partial charge in [-0.15, -0.1) is 0 Å². The Labute approximate surface area is 112 Å². The fourth-order valence-electron chi connectivity index (χ4n) is 1.55. The van der Waals surface area contributed by atoms with E-state index in [0.29, 0.717) is 11.4 Å². The summed E-state index contributed by atoms with van der Waals surface area (Å²) < 4.78 is 27.1. The third kappa shape index (κ3) is 2.61. The lowest BCUT2D eigenvalue weighted by molar-refractivity contribution is 0.622. The molecule has 2 nitrogen and oxygen atoms in total. The molecule has 0 atom stereocenters. The summed E-state index contributed by atoms with van der Waals surface area (Å²) in [6.07, 6.45) is 0. The van der Waals surface area contributed by atoms with E-state index in [9.17, 15) is 8.78 Å². The van der Waals surface area contributed by atoms with E-state index in [2.05, 4.69) is 21.2 Å². The molecule has 0 aliphatic rings. The van der Waals surface area contributed by atoms with Gasteiger partial charge in [0.15, 0.2) is 0 Å². The summed E-state index contributed by atoms with van der Waals surface area (Å²) in [5, 5.41) is 2.85. The van der Waals surface area contributed by atoms with Crippen LogP contribution in [0.25, 0.3) is 0 Å². The first kappa shape index (κ1) is 12.8. The van der Waals surface area contributed by atoms with Gasteiger partial charge in [-0.2, -0.15) is 0 Å². The number of nitrogens with one attached hydrogen (secondary N) is 1. The minimum absolute atomic E-state index is 0.219. The summed E-state index contributed by atoms with van der Waals surface area (Å²) in [6, 6.07) is 7.36. The normalized spacial score (nSPS) is 10.4. The van der Waals surface area contributed by atoms with Gasteiger partial charge in [-0.1, -0.05) is 6.07 Å². The molecule has 0 aromatic heterocycles. The zero-order chi connectivity index (χ0) is 13.3. The van der Waals surface area contributed by atoms with Crippen LogP contribution < -0.4 is 11.1 Å². The Morgan fingerprint density at radius 3 is 2.50 bits per heavy atom. The Balaban J connectivity index is 2.40. The fourth-order valence-corrected chi connectivity index (χ4v) is 1.89. The first-order chi connectivity index (χ1) is 8.47. The van der Waals surface area contributed by atoms with Crippen LogP contribution in [0.15, 0.2) is 34.8 Å². The second-order valence-electron chi connectivity index (χ2n) is 3.96. The molecule has 0 radical (unpaired) electrons. The van der Waals surface area contributed by atoms with Crippen LogP contribution in [-0.2, 0) is 0 Å². The van der Waals surface area contributed by atoms with Crippen molar-refractivity contribution in [1.29, 1.82) is 0 Å². The topological polar surface area (TPSA) is 38.0 Å². The summed E-state index contributed by atoms with van der Waals surface area (Å²) in [4.78, 5) is 0. The van der Waals surface area contributed by atoms with E-state index in [0.717, 1.165) is 5.56 Å². The Morgan fingerprint density at radius 2 is 1.78 bits per heavy atom. The van der Waals surface area contributed by atoms with Crippen molar-refractivity contribution in [3.8, 4) is 0 Å². The van der Waals surface area contributed by atoms with Crippen LogP contribution in [0.4, 0.5) is 25.8 Å². The molecular weight excluding hydrogens is 302 g/mol. The molecule has 5 heteroatoms. The molecule has 0 spiro atoms. The van der Waals surface area contributed by atoms with E-state index in [1.807, 2.05) is 6.92 Å². The van der Waals surface area contributed by atoms with Gasteiger partial charge in [0, 0.05) is 6.07 Å². The lowest BCUT2D eigenvalue weighted by Crippen LogP contribution is -1.99. The second kappa shape index (κ2) is 4.94. The van der Waals surface area contributed by atoms with Gasteiger partial charge >= 0.3 is 0 Å². The van der Waals surface area contributed by atoms with E-state index in [4.69, 9.17) is 5.73 Å². The van der Waals surface area contributed by atoms with Gasteiger partial charge in [0.25, 0.3) is 0 Å². The number of hydrogen-bond acceptors (Lipinski definition) is 2. The minimum Gasteiger partial charge on any atom is -0.397 e. The predicted molar refractivity (Wildman–Crippen MR) is 72.9 cm³/mol. The van der Waals surface area contributed by atoms with Crippen molar-refractivity contribution in [2.24, 2.45) is 0 Å². The molecule has 0 aliphatic carbocycles. The Bertz CT molecular complexity index is 600. The molecule has 2 aromatic carbocycles. The third-order valence-electron chi connectivity index (χ3n) is 2.48. The van der Waals surface area contributed by atoms with Crippen LogP contribution in [0.3, 0.4) is 0 Å². The number of hydrogen-bond donors (Lipinski definition) is 2. The number of anilines is 3. The lowest BCUT2D eigenvalue weighted by atomic mass is 10.2. The molecular formula is C13H11BrF2N2. The maximum absolute atomic E-state index is 13.6. The first-order valence-electron chi connectivity index (χ1n) is 5.25. The standard InChI is InChI=1S/C13H11BrF2N2/c1-7-2-3-9(15)12(4-7)18-13-5-8(14)10(16)6-11(13)17/h2-6,18H,17H2,1H3. The zero-order valence-electron chi connectivity index (χ0n) is 9.60. The van der Waals surface area contributed by atoms with Crippen molar-refractivity contribution in [2.75, 3.05) is 11.1 Å². The highest BCUT2D eigenvalue weighted by molar-refractivity contribution is 9.10. The van der Waals surface area contributed by atoms with E-state index >= 15 is 0 Å². The van der Waals surface area contributed by atoms with Crippen molar-refractivity contribution in [3.05, 3.63) is 52.0 Å². The summed E-state index contributed by atoms with van der Waals surface area (Å²) in [7, 11) is 0. The zero-order valence-corrected chi connectivity index (χ0v) is 11.2. The Hall–Kier alpha value is -1.62. The summed E-state index contributed by atoms with van der Waals surface area (Å²) in [5.41, 5.74) is 7.57. The van der Waals surface area contributed by atoms with E-state index < -0.39 is 5.82 Å². The van der Waals surface area contributed by atoms with Crippen molar-refractivity contribution < 1.29 is 8.78 Å². The summed E-state index contributed by atoms with van der Waals surface area (Å²) in [6.45, 7) is 1.86. The second-order valence-corrected chi connectivity index (χ2v) is 4.82. The highest BCUT2D eigenvalue weighted by Gasteiger charge is 2.08. The number of rotatable bonds is 2. The quantitative estimate of drug-likeness (QED) is 0.808. The maximum Gasteiger partial charge on any atom is 0.146 e. The molecule has 94 valence electrons. The van der Waals surface area contributed by atoms with Crippen molar-refractivity contribution >= 4 is 33.0 Å². The van der Waals surface area contributed by atoms with Gasteiger partial charge in [-0.25, -0.2) is 8.78 Å². The van der Waals surface area contributed by atoms with Gasteiger partial charge in [0.2, 0.25) is 0 Å². The van der Waals surface area contributed by atoms with Gasteiger partial charge in [-0.3, -0.25) is 0 Å². The SMILES string of the molecule is Cc1ccc(F)c(Nc2cc(Br)c(F)cc2N)c1. The average Bonchev–Trinajstić information content (AvgIpc) is 2.30. The predicted octanol–water partition coefficient (Wildman–Crippen LogP) is 4.36. The van der Waals surface area contributed by atoms with Crippen LogP contribution >= 0.6 is 15.9 Å². The van der Waals surface area contributed by atoms with Crippen LogP contribution in [-0.4, -0.2) is 0 Å².